The number of nitrogens with zero attached hydrogens (tertiary/aromatic N) is 1. The predicted molar refractivity (Wildman–Crippen MR) is 146 cm³/mol. The van der Waals surface area contributed by atoms with E-state index in [0.29, 0.717) is 12.8 Å². The smallest absolute Gasteiger partial charge is 0.325 e. The van der Waals surface area contributed by atoms with Crippen molar-refractivity contribution in [3.8, 4) is 0 Å². The lowest BCUT2D eigenvalue weighted by molar-refractivity contribution is -0.146. The predicted octanol–water partition coefficient (Wildman–Crippen LogP) is -1.45. The molecule has 0 aromatic heterocycles. The molecule has 0 spiro atoms. The Labute approximate surface area is 239 Å². The number of nitrogens with one attached hydrogen (secondary N) is 4. The molecule has 6 atom stereocenters. The lowest BCUT2D eigenvalue weighted by atomic mass is 9.99. The summed E-state index contributed by atoms with van der Waals surface area (Å²) < 4.78 is 0. The molecular formula is C26H44N6O9. The summed E-state index contributed by atoms with van der Waals surface area (Å²) in [5.74, 6) is -6.31. The fourth-order valence-corrected chi connectivity index (χ4v) is 4.27. The van der Waals surface area contributed by atoms with Crippen LogP contribution < -0.4 is 27.0 Å². The third-order valence-corrected chi connectivity index (χ3v) is 6.90. The van der Waals surface area contributed by atoms with Crippen LogP contribution in [0.2, 0.25) is 0 Å². The largest absolute Gasteiger partial charge is 0.481 e. The summed E-state index contributed by atoms with van der Waals surface area (Å²) in [7, 11) is 0. The highest BCUT2D eigenvalue weighted by atomic mass is 16.4. The van der Waals surface area contributed by atoms with Crippen LogP contribution in [0.4, 0.5) is 0 Å². The highest BCUT2D eigenvalue weighted by Gasteiger charge is 2.39. The fraction of sp³-hybridized carbons (Fsp3) is 0.731. The van der Waals surface area contributed by atoms with Crippen molar-refractivity contribution in [3.05, 3.63) is 0 Å². The SMILES string of the molecule is CC[C@H](C)[C@H](N)C(=O)NCC(=O)N[C@@H](CC(=O)O)C(=O)N1CCC[C@H]1C(=O)N[C@@H](CC(C)C)C(=O)N[C@@H](C)C(=O)O. The Kier molecular flexibility index (Phi) is 14.2. The first-order chi connectivity index (χ1) is 19.1. The van der Waals surface area contributed by atoms with Crippen LogP contribution in [0.25, 0.3) is 0 Å². The molecule has 0 radical (unpaired) electrons. The van der Waals surface area contributed by atoms with Crippen LogP contribution >= 0.6 is 0 Å². The molecule has 1 saturated heterocycles. The van der Waals surface area contributed by atoms with E-state index in [1.165, 1.54) is 6.92 Å². The molecule has 1 aliphatic rings. The number of carbonyl (C=O) groups is 7. The lowest BCUT2D eigenvalue weighted by Gasteiger charge is -2.30. The summed E-state index contributed by atoms with van der Waals surface area (Å²) in [6, 6.07) is -5.65. The normalized spacial score (nSPS) is 18.4. The van der Waals surface area contributed by atoms with Crippen LogP contribution in [-0.2, 0) is 33.6 Å². The van der Waals surface area contributed by atoms with Gasteiger partial charge in [-0.3, -0.25) is 33.6 Å². The number of hydrogen-bond donors (Lipinski definition) is 7. The second kappa shape index (κ2) is 16.5. The Balaban J connectivity index is 2.97. The molecule has 5 amide bonds. The van der Waals surface area contributed by atoms with Gasteiger partial charge in [0.2, 0.25) is 29.5 Å². The Bertz CT molecular complexity index is 988. The van der Waals surface area contributed by atoms with Crippen molar-refractivity contribution in [3.63, 3.8) is 0 Å². The Morgan fingerprint density at radius 1 is 0.927 bits per heavy atom. The summed E-state index contributed by atoms with van der Waals surface area (Å²) in [4.78, 5) is 87.7. The van der Waals surface area contributed by atoms with Gasteiger partial charge in [0.1, 0.15) is 24.2 Å². The third-order valence-electron chi connectivity index (χ3n) is 6.90. The van der Waals surface area contributed by atoms with Gasteiger partial charge >= 0.3 is 11.9 Å². The first-order valence-corrected chi connectivity index (χ1v) is 13.8. The van der Waals surface area contributed by atoms with Gasteiger partial charge in [-0.2, -0.15) is 0 Å². The maximum absolute atomic E-state index is 13.3. The Hall–Kier alpha value is -3.75. The maximum atomic E-state index is 13.3. The van der Waals surface area contributed by atoms with Crippen molar-refractivity contribution in [2.45, 2.75) is 96.9 Å². The van der Waals surface area contributed by atoms with Gasteiger partial charge in [-0.25, -0.2) is 0 Å². The van der Waals surface area contributed by atoms with Gasteiger partial charge in [0.15, 0.2) is 0 Å². The number of likely N-dealkylation sites (tertiary alicyclic amines) is 1. The Morgan fingerprint density at radius 2 is 1.56 bits per heavy atom. The van der Waals surface area contributed by atoms with Crippen molar-refractivity contribution < 1.29 is 43.8 Å². The van der Waals surface area contributed by atoms with Gasteiger partial charge in [-0.05, 0) is 38.0 Å². The minimum Gasteiger partial charge on any atom is -0.481 e. The van der Waals surface area contributed by atoms with Crippen LogP contribution in [0.1, 0.15) is 66.7 Å². The minimum absolute atomic E-state index is 0.0390. The van der Waals surface area contributed by atoms with E-state index in [0.717, 1.165) is 4.90 Å². The monoisotopic (exact) mass is 584 g/mol. The van der Waals surface area contributed by atoms with Gasteiger partial charge < -0.3 is 42.1 Å². The minimum atomic E-state index is -1.51. The molecule has 0 saturated carbocycles. The zero-order chi connectivity index (χ0) is 31.4. The second-order valence-corrected chi connectivity index (χ2v) is 10.8. The molecule has 1 heterocycles. The van der Waals surface area contributed by atoms with Gasteiger partial charge in [-0.1, -0.05) is 34.1 Å². The fourth-order valence-electron chi connectivity index (χ4n) is 4.27. The van der Waals surface area contributed by atoms with Crippen LogP contribution in [0.5, 0.6) is 0 Å². The highest BCUT2D eigenvalue weighted by molar-refractivity contribution is 5.97. The van der Waals surface area contributed by atoms with E-state index in [2.05, 4.69) is 21.3 Å². The van der Waals surface area contributed by atoms with Crippen LogP contribution in [0.15, 0.2) is 0 Å². The molecule has 0 aromatic rings. The number of nitrogens with two attached hydrogens (primary N) is 1. The lowest BCUT2D eigenvalue weighted by Crippen LogP contribution is -2.58. The molecular weight excluding hydrogens is 540 g/mol. The molecule has 15 heteroatoms. The van der Waals surface area contributed by atoms with E-state index >= 15 is 0 Å². The number of hydrogen-bond acceptors (Lipinski definition) is 8. The summed E-state index contributed by atoms with van der Waals surface area (Å²) >= 11 is 0. The molecule has 1 fully saturated rings. The van der Waals surface area contributed by atoms with E-state index in [-0.39, 0.29) is 31.2 Å². The van der Waals surface area contributed by atoms with Crippen molar-refractivity contribution >= 4 is 41.5 Å². The van der Waals surface area contributed by atoms with Crippen molar-refractivity contribution in [1.82, 2.24) is 26.2 Å². The first-order valence-electron chi connectivity index (χ1n) is 13.8. The molecule has 232 valence electrons. The average Bonchev–Trinajstić information content (AvgIpc) is 3.39. The number of amides is 5. The van der Waals surface area contributed by atoms with Gasteiger partial charge in [0.25, 0.3) is 0 Å². The van der Waals surface area contributed by atoms with E-state index in [1.54, 1.807) is 6.92 Å². The molecule has 15 nitrogen and oxygen atoms in total. The molecule has 1 aliphatic heterocycles. The third kappa shape index (κ3) is 11.3. The molecule has 41 heavy (non-hydrogen) atoms. The zero-order valence-corrected chi connectivity index (χ0v) is 24.3. The van der Waals surface area contributed by atoms with Crippen molar-refractivity contribution in [1.29, 1.82) is 0 Å². The number of carboxylic acids is 2. The highest BCUT2D eigenvalue weighted by Crippen LogP contribution is 2.20. The standard InChI is InChI=1S/C26H44N6O9/c1-6-14(4)21(27)24(38)28-12-19(33)30-17(11-20(34)35)25(39)32-9-7-8-18(32)23(37)31-16(10-13(2)3)22(36)29-15(5)26(40)41/h13-18,21H,6-12,27H2,1-5H3,(H,28,38)(H,29,36)(H,30,33)(H,31,37)(H,34,35)(H,40,41)/t14-,15-,16-,17-,18-,21-/m0/s1. The van der Waals surface area contributed by atoms with Gasteiger partial charge in [-0.15, -0.1) is 0 Å². The topological polar surface area (TPSA) is 237 Å². The van der Waals surface area contributed by atoms with E-state index in [1.807, 2.05) is 20.8 Å². The maximum Gasteiger partial charge on any atom is 0.325 e. The van der Waals surface area contributed by atoms with Crippen LogP contribution in [0.3, 0.4) is 0 Å². The summed E-state index contributed by atoms with van der Waals surface area (Å²) in [5, 5.41) is 28.1. The van der Waals surface area contributed by atoms with Crippen LogP contribution in [0, 0.1) is 11.8 Å². The Morgan fingerprint density at radius 3 is 2.10 bits per heavy atom. The zero-order valence-electron chi connectivity index (χ0n) is 24.3. The second-order valence-electron chi connectivity index (χ2n) is 10.8. The summed E-state index contributed by atoms with van der Waals surface area (Å²) in [6.07, 6.45) is 0.732. The number of rotatable bonds is 16. The quantitative estimate of drug-likeness (QED) is 0.111. The van der Waals surface area contributed by atoms with Gasteiger partial charge in [0.05, 0.1) is 19.0 Å². The van der Waals surface area contributed by atoms with E-state index in [4.69, 9.17) is 10.8 Å². The van der Waals surface area contributed by atoms with E-state index < -0.39 is 84.6 Å². The number of carbonyl (C=O) groups excluding carboxylic acids is 5. The van der Waals surface area contributed by atoms with Crippen molar-refractivity contribution in [2.75, 3.05) is 13.1 Å². The van der Waals surface area contributed by atoms with Gasteiger partial charge in [0, 0.05) is 6.54 Å². The van der Waals surface area contributed by atoms with Crippen LogP contribution in [-0.4, -0.2) is 99.9 Å². The first kappa shape index (κ1) is 35.3. The molecule has 0 unspecified atom stereocenters. The molecule has 0 aliphatic carbocycles. The summed E-state index contributed by atoms with van der Waals surface area (Å²) in [6.45, 7) is 8.14. The molecule has 0 bridgehead atoms. The molecule has 0 aromatic carbocycles. The molecule has 8 N–H and O–H groups in total. The summed E-state index contributed by atoms with van der Waals surface area (Å²) in [5.41, 5.74) is 5.84. The average molecular weight is 585 g/mol. The number of aliphatic carboxylic acids is 2. The van der Waals surface area contributed by atoms with Crippen molar-refractivity contribution in [2.24, 2.45) is 17.6 Å². The number of carboxylic acid groups (broad SMARTS) is 2. The van der Waals surface area contributed by atoms with E-state index in [9.17, 15) is 38.7 Å². The molecule has 1 rings (SSSR count).